The number of carbonyl (C=O) groups excluding carboxylic acids is 2. The van der Waals surface area contributed by atoms with Crippen LogP contribution in [0.15, 0.2) is 41.8 Å². The average Bonchev–Trinajstić information content (AvgIpc) is 2.99. The van der Waals surface area contributed by atoms with Gasteiger partial charge in [0.25, 0.3) is 0 Å². The molecule has 0 aliphatic heterocycles. The Labute approximate surface area is 128 Å². The highest BCUT2D eigenvalue weighted by Crippen LogP contribution is 2.21. The van der Waals surface area contributed by atoms with Gasteiger partial charge in [-0.25, -0.2) is 4.79 Å². The van der Waals surface area contributed by atoms with Gasteiger partial charge in [-0.05, 0) is 36.9 Å². The maximum atomic E-state index is 12.1. The predicted octanol–water partition coefficient (Wildman–Crippen LogP) is 4.22. The molecule has 110 valence electrons. The fourth-order valence-corrected chi connectivity index (χ4v) is 2.87. The predicted molar refractivity (Wildman–Crippen MR) is 86.0 cm³/mol. The molecule has 4 nitrogen and oxygen atoms in total. The maximum absolute atomic E-state index is 12.1. The number of hydrogen-bond donors (Lipinski definition) is 2. The van der Waals surface area contributed by atoms with Crippen LogP contribution in [-0.4, -0.2) is 11.8 Å². The molecule has 0 saturated heterocycles. The van der Waals surface area contributed by atoms with Crippen molar-refractivity contribution in [3.63, 3.8) is 0 Å². The van der Waals surface area contributed by atoms with Crippen molar-refractivity contribution < 1.29 is 9.59 Å². The van der Waals surface area contributed by atoms with Gasteiger partial charge < -0.3 is 10.6 Å². The number of ketones is 1. The summed E-state index contributed by atoms with van der Waals surface area (Å²) < 4.78 is 0. The first-order valence-electron chi connectivity index (χ1n) is 6.82. The minimum atomic E-state index is -0.268. The van der Waals surface area contributed by atoms with Crippen molar-refractivity contribution in [2.75, 3.05) is 5.32 Å². The molecular weight excluding hydrogens is 284 g/mol. The van der Waals surface area contributed by atoms with Crippen LogP contribution in [0.3, 0.4) is 0 Å². The van der Waals surface area contributed by atoms with Crippen molar-refractivity contribution in [1.82, 2.24) is 5.32 Å². The van der Waals surface area contributed by atoms with Gasteiger partial charge in [0.2, 0.25) is 0 Å². The van der Waals surface area contributed by atoms with Gasteiger partial charge in [-0.2, -0.15) is 0 Å². The van der Waals surface area contributed by atoms with Gasteiger partial charge in [0.05, 0.1) is 6.04 Å². The summed E-state index contributed by atoms with van der Waals surface area (Å²) in [5.74, 6) is -0.0240. The summed E-state index contributed by atoms with van der Waals surface area (Å²) in [7, 11) is 0. The SMILES string of the molecule is CCC(NC(=O)Nc1cccc(C(C)=O)c1)c1cccs1. The second kappa shape index (κ2) is 7.04. The Kier molecular flexibility index (Phi) is 5.11. The third-order valence-corrected chi connectivity index (χ3v) is 4.11. The van der Waals surface area contributed by atoms with Crippen molar-refractivity contribution in [3.05, 3.63) is 52.2 Å². The number of urea groups is 1. The lowest BCUT2D eigenvalue weighted by Crippen LogP contribution is -2.31. The molecular formula is C16H18N2O2S. The topological polar surface area (TPSA) is 58.2 Å². The van der Waals surface area contributed by atoms with Crippen LogP contribution in [-0.2, 0) is 0 Å². The highest BCUT2D eigenvalue weighted by molar-refractivity contribution is 7.10. The third-order valence-electron chi connectivity index (χ3n) is 3.13. The minimum absolute atomic E-state index is 0.000916. The van der Waals surface area contributed by atoms with E-state index in [9.17, 15) is 9.59 Å². The number of nitrogens with one attached hydrogen (secondary N) is 2. The van der Waals surface area contributed by atoms with Crippen LogP contribution in [0.5, 0.6) is 0 Å². The van der Waals surface area contributed by atoms with E-state index in [-0.39, 0.29) is 17.9 Å². The Bertz CT molecular complexity index is 623. The van der Waals surface area contributed by atoms with Crippen molar-refractivity contribution in [2.45, 2.75) is 26.3 Å². The summed E-state index contributed by atoms with van der Waals surface area (Å²) in [5, 5.41) is 7.70. The lowest BCUT2D eigenvalue weighted by atomic mass is 10.1. The molecule has 0 aliphatic carbocycles. The zero-order chi connectivity index (χ0) is 15.2. The van der Waals surface area contributed by atoms with E-state index in [0.29, 0.717) is 11.3 Å². The lowest BCUT2D eigenvalue weighted by molar-refractivity contribution is 0.101. The lowest BCUT2D eigenvalue weighted by Gasteiger charge is -2.16. The van der Waals surface area contributed by atoms with Crippen LogP contribution < -0.4 is 10.6 Å². The molecule has 0 aliphatic rings. The summed E-state index contributed by atoms with van der Waals surface area (Å²) in [6.07, 6.45) is 0.821. The maximum Gasteiger partial charge on any atom is 0.319 e. The zero-order valence-electron chi connectivity index (χ0n) is 12.1. The molecule has 21 heavy (non-hydrogen) atoms. The van der Waals surface area contributed by atoms with E-state index >= 15 is 0 Å². The number of anilines is 1. The van der Waals surface area contributed by atoms with Crippen molar-refractivity contribution in [3.8, 4) is 0 Å². The number of thiophene rings is 1. The van der Waals surface area contributed by atoms with E-state index in [1.54, 1.807) is 35.6 Å². The zero-order valence-corrected chi connectivity index (χ0v) is 12.9. The molecule has 2 amide bonds. The van der Waals surface area contributed by atoms with E-state index in [1.165, 1.54) is 6.92 Å². The number of benzene rings is 1. The second-order valence-electron chi connectivity index (χ2n) is 4.71. The molecule has 1 unspecified atom stereocenters. The van der Waals surface area contributed by atoms with E-state index in [0.717, 1.165) is 11.3 Å². The number of carbonyl (C=O) groups is 2. The Balaban J connectivity index is 2.01. The molecule has 1 atom stereocenters. The van der Waals surface area contributed by atoms with Crippen molar-refractivity contribution in [1.29, 1.82) is 0 Å². The second-order valence-corrected chi connectivity index (χ2v) is 5.69. The standard InChI is InChI=1S/C16H18N2O2S/c1-3-14(15-8-5-9-21-15)18-16(20)17-13-7-4-6-12(10-13)11(2)19/h4-10,14H,3H2,1-2H3,(H2,17,18,20). The van der Waals surface area contributed by atoms with Crippen LogP contribution in [0, 0.1) is 0 Å². The molecule has 1 aromatic heterocycles. The molecule has 0 spiro atoms. The van der Waals surface area contributed by atoms with Crippen LogP contribution in [0.2, 0.25) is 0 Å². The Morgan fingerprint density at radius 3 is 2.67 bits per heavy atom. The summed E-state index contributed by atoms with van der Waals surface area (Å²) in [6.45, 7) is 3.53. The molecule has 5 heteroatoms. The van der Waals surface area contributed by atoms with Crippen LogP contribution in [0.25, 0.3) is 0 Å². The highest BCUT2D eigenvalue weighted by atomic mass is 32.1. The first kappa shape index (κ1) is 15.3. The number of amides is 2. The molecule has 2 N–H and O–H groups in total. The highest BCUT2D eigenvalue weighted by Gasteiger charge is 2.13. The van der Waals surface area contributed by atoms with Crippen LogP contribution in [0.1, 0.15) is 41.5 Å². The van der Waals surface area contributed by atoms with E-state index < -0.39 is 0 Å². The summed E-state index contributed by atoms with van der Waals surface area (Å²) in [5.41, 5.74) is 1.19. The Hall–Kier alpha value is -2.14. The Morgan fingerprint density at radius 1 is 1.24 bits per heavy atom. The molecule has 1 heterocycles. The quantitative estimate of drug-likeness (QED) is 0.812. The fraction of sp³-hybridized carbons (Fsp3) is 0.250. The van der Waals surface area contributed by atoms with Crippen molar-refractivity contribution in [2.24, 2.45) is 0 Å². The van der Waals surface area contributed by atoms with E-state index in [1.807, 2.05) is 24.4 Å². The number of Topliss-reactive ketones (excluding diaryl/α,β-unsaturated/α-hetero) is 1. The van der Waals surface area contributed by atoms with Gasteiger partial charge in [-0.1, -0.05) is 25.1 Å². The van der Waals surface area contributed by atoms with Crippen molar-refractivity contribution >= 4 is 28.8 Å². The molecule has 0 saturated carbocycles. The minimum Gasteiger partial charge on any atom is -0.330 e. The number of hydrogen-bond acceptors (Lipinski definition) is 3. The average molecular weight is 302 g/mol. The smallest absolute Gasteiger partial charge is 0.319 e. The molecule has 0 bridgehead atoms. The first-order valence-corrected chi connectivity index (χ1v) is 7.70. The van der Waals surface area contributed by atoms with E-state index in [4.69, 9.17) is 0 Å². The largest absolute Gasteiger partial charge is 0.330 e. The van der Waals surface area contributed by atoms with Gasteiger partial charge in [0, 0.05) is 16.1 Å². The normalized spacial score (nSPS) is 11.7. The number of rotatable bonds is 5. The molecule has 1 aromatic carbocycles. The fourth-order valence-electron chi connectivity index (χ4n) is 2.01. The van der Waals surface area contributed by atoms with Gasteiger partial charge in [0.15, 0.2) is 5.78 Å². The van der Waals surface area contributed by atoms with Gasteiger partial charge >= 0.3 is 6.03 Å². The van der Waals surface area contributed by atoms with E-state index in [2.05, 4.69) is 10.6 Å². The summed E-state index contributed by atoms with van der Waals surface area (Å²) in [4.78, 5) is 24.5. The van der Waals surface area contributed by atoms with Gasteiger partial charge in [-0.15, -0.1) is 11.3 Å². The molecule has 2 aromatic rings. The van der Waals surface area contributed by atoms with Gasteiger partial charge in [-0.3, -0.25) is 4.79 Å². The third kappa shape index (κ3) is 4.16. The van der Waals surface area contributed by atoms with Crippen LogP contribution >= 0.6 is 11.3 Å². The van der Waals surface area contributed by atoms with Gasteiger partial charge in [0.1, 0.15) is 0 Å². The Morgan fingerprint density at radius 2 is 2.05 bits per heavy atom. The summed E-state index contributed by atoms with van der Waals surface area (Å²) >= 11 is 1.62. The van der Waals surface area contributed by atoms with Crippen LogP contribution in [0.4, 0.5) is 10.5 Å². The summed E-state index contributed by atoms with van der Waals surface area (Å²) in [6, 6.07) is 10.6. The molecule has 0 radical (unpaired) electrons. The molecule has 0 fully saturated rings. The monoisotopic (exact) mass is 302 g/mol. The molecule has 2 rings (SSSR count). The first-order chi connectivity index (χ1) is 10.1.